The molecule has 5 nitrogen and oxygen atoms in total. The van der Waals surface area contributed by atoms with Crippen LogP contribution in [0.15, 0.2) is 56.8 Å². The topological polar surface area (TPSA) is 77.8 Å². The molecule has 0 aliphatic carbocycles. The molecule has 0 spiro atoms. The van der Waals surface area contributed by atoms with E-state index in [1.54, 1.807) is 0 Å². The molecule has 2 aromatic carbocycles. The monoisotopic (exact) mass is 348 g/mol. The van der Waals surface area contributed by atoms with E-state index in [0.717, 1.165) is 33.4 Å². The molecule has 0 fully saturated rings. The van der Waals surface area contributed by atoms with E-state index in [4.69, 9.17) is 15.0 Å². The summed E-state index contributed by atoms with van der Waals surface area (Å²) in [5, 5.41) is 4.84. The van der Waals surface area contributed by atoms with Crippen molar-refractivity contribution in [2.75, 3.05) is 0 Å². The molecule has 0 bridgehead atoms. The Balaban J connectivity index is 2.10. The summed E-state index contributed by atoms with van der Waals surface area (Å²) in [6.07, 6.45) is 0.610. The number of hydrogen-bond acceptors (Lipinski definition) is 5. The van der Waals surface area contributed by atoms with Crippen molar-refractivity contribution in [1.82, 2.24) is 0 Å². The first-order valence-corrected chi connectivity index (χ1v) is 8.52. The molecule has 2 heterocycles. The van der Waals surface area contributed by atoms with Gasteiger partial charge in [-0.1, -0.05) is 30.3 Å². The van der Waals surface area contributed by atoms with Gasteiger partial charge in [-0.05, 0) is 38.0 Å². The summed E-state index contributed by atoms with van der Waals surface area (Å²) in [7, 11) is 0. The molecule has 2 N–H and O–H groups in total. The number of nitrogens with zero attached hydrogens (tertiary/aromatic N) is 1. The lowest BCUT2D eigenvalue weighted by molar-refractivity contribution is 0.110. The highest BCUT2D eigenvalue weighted by molar-refractivity contribution is 6.09. The fourth-order valence-corrected chi connectivity index (χ4v) is 3.57. The first kappa shape index (κ1) is 16.4. The van der Waals surface area contributed by atoms with Crippen molar-refractivity contribution in [2.45, 2.75) is 32.8 Å². The largest absolute Gasteiger partial charge is 0.486 e. The third kappa shape index (κ3) is 2.56. The standard InChI is InChI=1S/C21H20N2O3/c1-12-19-15(9-16-17(23-22)11-21(2,3)26-20(12)16)14(10-18(24)25-19)13-7-5-4-6-8-13/h4-10H,11,22H2,1-3H3. The van der Waals surface area contributed by atoms with Crippen LogP contribution in [0, 0.1) is 6.92 Å². The second-order valence-corrected chi connectivity index (χ2v) is 7.21. The molecule has 1 aliphatic heterocycles. The molecule has 1 aliphatic rings. The lowest BCUT2D eigenvalue weighted by atomic mass is 9.88. The summed E-state index contributed by atoms with van der Waals surface area (Å²) >= 11 is 0. The van der Waals surface area contributed by atoms with Gasteiger partial charge in [-0.25, -0.2) is 4.79 Å². The lowest BCUT2D eigenvalue weighted by Crippen LogP contribution is -2.37. The molecule has 3 aromatic rings. The highest BCUT2D eigenvalue weighted by Crippen LogP contribution is 2.41. The molecule has 0 saturated heterocycles. The van der Waals surface area contributed by atoms with Gasteiger partial charge in [-0.3, -0.25) is 0 Å². The van der Waals surface area contributed by atoms with Crippen molar-refractivity contribution in [2.24, 2.45) is 10.9 Å². The van der Waals surface area contributed by atoms with Gasteiger partial charge in [0.25, 0.3) is 0 Å². The van der Waals surface area contributed by atoms with E-state index in [2.05, 4.69) is 5.10 Å². The maximum absolute atomic E-state index is 12.2. The van der Waals surface area contributed by atoms with Crippen LogP contribution in [-0.4, -0.2) is 11.3 Å². The van der Waals surface area contributed by atoms with Gasteiger partial charge in [0.2, 0.25) is 0 Å². The van der Waals surface area contributed by atoms with Crippen LogP contribution in [0.2, 0.25) is 0 Å². The SMILES string of the molecule is Cc1c2c(cc3c(-c4ccccc4)cc(=O)oc13)C(=NN)CC(C)(C)O2. The minimum absolute atomic E-state index is 0.387. The fraction of sp³-hybridized carbons (Fsp3) is 0.238. The number of hydrazone groups is 1. The molecular formula is C21H20N2O3. The molecule has 0 atom stereocenters. The quantitative estimate of drug-likeness (QED) is 0.410. The Morgan fingerprint density at radius 1 is 1.12 bits per heavy atom. The third-order valence-electron chi connectivity index (χ3n) is 4.74. The van der Waals surface area contributed by atoms with Crippen LogP contribution in [-0.2, 0) is 0 Å². The molecule has 5 heteroatoms. The minimum atomic E-state index is -0.430. The fourth-order valence-electron chi connectivity index (χ4n) is 3.57. The Hall–Kier alpha value is -3.08. The Bertz CT molecular complexity index is 1100. The van der Waals surface area contributed by atoms with Crippen molar-refractivity contribution in [1.29, 1.82) is 0 Å². The molecule has 0 amide bonds. The van der Waals surface area contributed by atoms with E-state index in [1.165, 1.54) is 6.07 Å². The van der Waals surface area contributed by atoms with E-state index >= 15 is 0 Å². The maximum Gasteiger partial charge on any atom is 0.336 e. The van der Waals surface area contributed by atoms with Gasteiger partial charge < -0.3 is 15.0 Å². The predicted molar refractivity (Wildman–Crippen MR) is 103 cm³/mol. The van der Waals surface area contributed by atoms with Crippen LogP contribution in [0.5, 0.6) is 5.75 Å². The number of hydrogen-bond donors (Lipinski definition) is 1. The minimum Gasteiger partial charge on any atom is -0.486 e. The summed E-state index contributed by atoms with van der Waals surface area (Å²) in [5.41, 5.74) is 3.90. The van der Waals surface area contributed by atoms with Crippen molar-refractivity contribution in [3.63, 3.8) is 0 Å². The van der Waals surface area contributed by atoms with Crippen molar-refractivity contribution in [3.8, 4) is 16.9 Å². The van der Waals surface area contributed by atoms with Gasteiger partial charge in [-0.2, -0.15) is 5.10 Å². The normalized spacial score (nSPS) is 17.1. The van der Waals surface area contributed by atoms with Crippen molar-refractivity contribution >= 4 is 16.7 Å². The first-order valence-electron chi connectivity index (χ1n) is 8.52. The second kappa shape index (κ2) is 5.73. The maximum atomic E-state index is 12.2. The van der Waals surface area contributed by atoms with Crippen molar-refractivity contribution < 1.29 is 9.15 Å². The second-order valence-electron chi connectivity index (χ2n) is 7.21. The van der Waals surface area contributed by atoms with Crippen LogP contribution in [0.4, 0.5) is 0 Å². The summed E-state index contributed by atoms with van der Waals surface area (Å²) in [6.45, 7) is 5.87. The zero-order valence-corrected chi connectivity index (χ0v) is 15.0. The molecule has 0 radical (unpaired) electrons. The molecule has 1 aromatic heterocycles. The average Bonchev–Trinajstić information content (AvgIpc) is 2.62. The number of rotatable bonds is 1. The number of nitrogens with two attached hydrogens (primary N) is 1. The van der Waals surface area contributed by atoms with Gasteiger partial charge in [-0.15, -0.1) is 0 Å². The zero-order valence-electron chi connectivity index (χ0n) is 15.0. The van der Waals surface area contributed by atoms with E-state index < -0.39 is 5.60 Å². The van der Waals surface area contributed by atoms with E-state index in [9.17, 15) is 4.79 Å². The predicted octanol–water partition coefficient (Wildman–Crippen LogP) is 3.99. The first-order chi connectivity index (χ1) is 12.4. The number of benzene rings is 2. The third-order valence-corrected chi connectivity index (χ3v) is 4.74. The summed E-state index contributed by atoms with van der Waals surface area (Å²) in [4.78, 5) is 12.2. The Morgan fingerprint density at radius 2 is 1.85 bits per heavy atom. The van der Waals surface area contributed by atoms with Crippen LogP contribution >= 0.6 is 0 Å². The summed E-state index contributed by atoms with van der Waals surface area (Å²) in [5.74, 6) is 6.34. The van der Waals surface area contributed by atoms with Gasteiger partial charge in [0.05, 0.1) is 5.71 Å². The van der Waals surface area contributed by atoms with Gasteiger partial charge in [0, 0.05) is 29.0 Å². The Labute approximate surface area is 151 Å². The van der Waals surface area contributed by atoms with Gasteiger partial charge >= 0.3 is 5.63 Å². The number of ether oxygens (including phenoxy) is 1. The molecule has 26 heavy (non-hydrogen) atoms. The van der Waals surface area contributed by atoms with Gasteiger partial charge in [0.1, 0.15) is 16.9 Å². The smallest absolute Gasteiger partial charge is 0.336 e. The molecule has 132 valence electrons. The van der Waals surface area contributed by atoms with E-state index in [-0.39, 0.29) is 5.63 Å². The summed E-state index contributed by atoms with van der Waals surface area (Å²) < 4.78 is 11.7. The highest BCUT2D eigenvalue weighted by atomic mass is 16.5. The highest BCUT2D eigenvalue weighted by Gasteiger charge is 2.33. The lowest BCUT2D eigenvalue weighted by Gasteiger charge is -2.34. The van der Waals surface area contributed by atoms with Crippen LogP contribution in [0.25, 0.3) is 22.1 Å². The Kier molecular flexibility index (Phi) is 3.61. The summed E-state index contributed by atoms with van der Waals surface area (Å²) in [6, 6.07) is 13.3. The van der Waals surface area contributed by atoms with Crippen LogP contribution in [0.1, 0.15) is 31.4 Å². The van der Waals surface area contributed by atoms with E-state index in [1.807, 2.05) is 57.2 Å². The Morgan fingerprint density at radius 3 is 2.54 bits per heavy atom. The number of aryl methyl sites for hydroxylation is 1. The van der Waals surface area contributed by atoms with Gasteiger partial charge in [0.15, 0.2) is 0 Å². The zero-order chi connectivity index (χ0) is 18.5. The van der Waals surface area contributed by atoms with Crippen LogP contribution in [0.3, 0.4) is 0 Å². The number of fused-ring (bicyclic) bond motifs is 2. The van der Waals surface area contributed by atoms with Crippen LogP contribution < -0.4 is 16.2 Å². The molecule has 4 rings (SSSR count). The van der Waals surface area contributed by atoms with E-state index in [0.29, 0.717) is 17.8 Å². The molecular weight excluding hydrogens is 328 g/mol. The average molecular weight is 348 g/mol. The van der Waals surface area contributed by atoms with Crippen molar-refractivity contribution in [3.05, 3.63) is 64.0 Å². The molecule has 0 saturated carbocycles. The molecule has 0 unspecified atom stereocenters.